The summed E-state index contributed by atoms with van der Waals surface area (Å²) in [5, 5.41) is 12.9. The second-order valence-corrected chi connectivity index (χ2v) is 6.40. The Labute approximate surface area is 159 Å². The Morgan fingerprint density at radius 2 is 1.59 bits per heavy atom. The van der Waals surface area contributed by atoms with Crippen molar-refractivity contribution in [1.29, 1.82) is 0 Å². The smallest absolute Gasteiger partial charge is 0.338 e. The van der Waals surface area contributed by atoms with Gasteiger partial charge >= 0.3 is 11.9 Å². The van der Waals surface area contributed by atoms with Gasteiger partial charge in [0.25, 0.3) is 0 Å². The number of nitrogens with zero attached hydrogens (tertiary/aromatic N) is 2. The summed E-state index contributed by atoms with van der Waals surface area (Å²) in [5.41, 5.74) is 1.51. The zero-order chi connectivity index (χ0) is 19.6. The minimum Gasteiger partial charge on any atom is -0.481 e. The van der Waals surface area contributed by atoms with E-state index in [1.165, 1.54) is 0 Å². The average Bonchev–Trinajstić information content (AvgIpc) is 2.67. The van der Waals surface area contributed by atoms with Gasteiger partial charge in [0.05, 0.1) is 11.6 Å². The van der Waals surface area contributed by atoms with Crippen molar-refractivity contribution in [3.63, 3.8) is 0 Å². The highest BCUT2D eigenvalue weighted by Crippen LogP contribution is 2.23. The number of carbonyl (C=O) groups excluding carboxylic acids is 1. The third-order valence-corrected chi connectivity index (χ3v) is 4.22. The fraction of sp³-hybridized carbons (Fsp3) is 0.333. The molecule has 0 saturated carbocycles. The molecule has 0 fully saturated rings. The average molecular weight is 370 g/mol. The highest BCUT2D eigenvalue weighted by Gasteiger charge is 2.24. The van der Waals surface area contributed by atoms with Crippen LogP contribution in [0.3, 0.4) is 0 Å². The van der Waals surface area contributed by atoms with Crippen molar-refractivity contribution in [2.45, 2.75) is 18.9 Å². The van der Waals surface area contributed by atoms with E-state index in [0.29, 0.717) is 18.5 Å². The minimum atomic E-state index is -0.819. The zero-order valence-corrected chi connectivity index (χ0v) is 15.7. The van der Waals surface area contributed by atoms with Gasteiger partial charge in [-0.25, -0.2) is 14.8 Å². The molecule has 27 heavy (non-hydrogen) atoms. The number of carbonyl (C=O) groups is 2. The molecule has 1 unspecified atom stereocenters. The molecule has 6 heteroatoms. The Hall–Kier alpha value is -2.70. The number of aliphatic carboxylic acids is 1. The van der Waals surface area contributed by atoms with Crippen molar-refractivity contribution in [2.75, 3.05) is 27.2 Å². The molecule has 0 aliphatic carbocycles. The minimum absolute atomic E-state index is 0.0929. The molecule has 0 bridgehead atoms. The van der Waals surface area contributed by atoms with Crippen LogP contribution in [0.4, 0.5) is 0 Å². The molecule has 0 radical (unpaired) electrons. The number of hydrogen-bond donors (Lipinski definition) is 1. The molecule has 0 saturated heterocycles. The standard InChI is InChI=1S/C21H26N2O4/c1-22(2)23(15-9-14-20(24)25)19(17-10-5-3-6-11-17)16-27-21(26)18-12-7-4-8-13-18/h3-8,10-13,19H,9,14-16H2,1-2H3,(H,24,25). The molecule has 0 aromatic heterocycles. The maximum Gasteiger partial charge on any atom is 0.338 e. The topological polar surface area (TPSA) is 70.1 Å². The van der Waals surface area contributed by atoms with Crippen LogP contribution in [-0.2, 0) is 9.53 Å². The molecule has 1 N–H and O–H groups in total. The van der Waals surface area contributed by atoms with E-state index in [4.69, 9.17) is 9.84 Å². The quantitative estimate of drug-likeness (QED) is 0.511. The molecule has 1 atom stereocenters. The summed E-state index contributed by atoms with van der Waals surface area (Å²) >= 11 is 0. The van der Waals surface area contributed by atoms with Crippen molar-refractivity contribution >= 4 is 11.9 Å². The van der Waals surface area contributed by atoms with E-state index in [9.17, 15) is 9.59 Å². The van der Waals surface area contributed by atoms with Crippen molar-refractivity contribution in [1.82, 2.24) is 10.0 Å². The van der Waals surface area contributed by atoms with Gasteiger partial charge in [-0.3, -0.25) is 4.79 Å². The van der Waals surface area contributed by atoms with Crippen LogP contribution < -0.4 is 0 Å². The van der Waals surface area contributed by atoms with E-state index in [1.54, 1.807) is 24.3 Å². The lowest BCUT2D eigenvalue weighted by atomic mass is 10.1. The predicted molar refractivity (Wildman–Crippen MR) is 103 cm³/mol. The first kappa shape index (κ1) is 20.6. The third-order valence-electron chi connectivity index (χ3n) is 4.22. The van der Waals surface area contributed by atoms with Gasteiger partial charge in [0.1, 0.15) is 6.61 Å². The Kier molecular flexibility index (Phi) is 7.98. The maximum atomic E-state index is 12.3. The van der Waals surface area contributed by atoms with Gasteiger partial charge in [-0.05, 0) is 24.1 Å². The molecule has 2 aromatic carbocycles. The van der Waals surface area contributed by atoms with Crippen LogP contribution in [0.5, 0.6) is 0 Å². The highest BCUT2D eigenvalue weighted by molar-refractivity contribution is 5.89. The lowest BCUT2D eigenvalue weighted by Gasteiger charge is -2.36. The summed E-state index contributed by atoms with van der Waals surface area (Å²) < 4.78 is 5.58. The Bertz CT molecular complexity index is 719. The maximum absolute atomic E-state index is 12.3. The molecule has 6 nitrogen and oxygen atoms in total. The monoisotopic (exact) mass is 370 g/mol. The van der Waals surface area contributed by atoms with E-state index in [1.807, 2.05) is 60.5 Å². The number of rotatable bonds is 10. The first-order chi connectivity index (χ1) is 13.0. The van der Waals surface area contributed by atoms with Gasteiger partial charge in [0.2, 0.25) is 0 Å². The summed E-state index contributed by atoms with van der Waals surface area (Å²) in [5.74, 6) is -1.19. The van der Waals surface area contributed by atoms with Crippen molar-refractivity contribution in [2.24, 2.45) is 0 Å². The largest absolute Gasteiger partial charge is 0.481 e. The van der Waals surface area contributed by atoms with Gasteiger partial charge in [-0.15, -0.1) is 0 Å². The van der Waals surface area contributed by atoms with E-state index in [2.05, 4.69) is 0 Å². The molecule has 0 heterocycles. The first-order valence-electron chi connectivity index (χ1n) is 8.92. The highest BCUT2D eigenvalue weighted by atomic mass is 16.5. The summed E-state index contributed by atoms with van der Waals surface area (Å²) in [6, 6.07) is 18.4. The van der Waals surface area contributed by atoms with Crippen LogP contribution in [0.25, 0.3) is 0 Å². The molecule has 0 aliphatic rings. The second kappa shape index (κ2) is 10.4. The molecular weight excluding hydrogens is 344 g/mol. The zero-order valence-electron chi connectivity index (χ0n) is 15.7. The van der Waals surface area contributed by atoms with E-state index >= 15 is 0 Å². The fourth-order valence-electron chi connectivity index (χ4n) is 2.87. The second-order valence-electron chi connectivity index (χ2n) is 6.40. The summed E-state index contributed by atoms with van der Waals surface area (Å²) in [7, 11) is 3.80. The molecule has 2 rings (SSSR count). The Morgan fingerprint density at radius 3 is 2.15 bits per heavy atom. The van der Waals surface area contributed by atoms with Gasteiger partial charge < -0.3 is 9.84 Å². The lowest BCUT2D eigenvalue weighted by Crippen LogP contribution is -2.43. The first-order valence-corrected chi connectivity index (χ1v) is 8.92. The number of hydrogen-bond acceptors (Lipinski definition) is 5. The summed E-state index contributed by atoms with van der Waals surface area (Å²) in [4.78, 5) is 23.2. The third kappa shape index (κ3) is 6.51. The number of hydrazine groups is 1. The van der Waals surface area contributed by atoms with Gasteiger partial charge in [-0.1, -0.05) is 48.5 Å². The van der Waals surface area contributed by atoms with E-state index < -0.39 is 5.97 Å². The number of esters is 1. The Balaban J connectivity index is 2.14. The van der Waals surface area contributed by atoms with Gasteiger partial charge in [0, 0.05) is 27.1 Å². The number of carboxylic acids is 1. The number of carboxylic acid groups (broad SMARTS) is 1. The molecule has 2 aromatic rings. The predicted octanol–water partition coefficient (Wildman–Crippen LogP) is 3.23. The van der Waals surface area contributed by atoms with Crippen LogP contribution in [-0.4, -0.2) is 54.3 Å². The molecule has 144 valence electrons. The van der Waals surface area contributed by atoms with E-state index in [-0.39, 0.29) is 25.0 Å². The Morgan fingerprint density at radius 1 is 1.00 bits per heavy atom. The van der Waals surface area contributed by atoms with Crippen molar-refractivity contribution in [3.05, 3.63) is 71.8 Å². The van der Waals surface area contributed by atoms with Gasteiger partial charge in [-0.2, -0.15) is 0 Å². The SMILES string of the molecule is CN(C)N(CCCC(=O)O)C(COC(=O)c1ccccc1)c1ccccc1. The van der Waals surface area contributed by atoms with Crippen LogP contribution in [0.2, 0.25) is 0 Å². The van der Waals surface area contributed by atoms with E-state index in [0.717, 1.165) is 5.56 Å². The van der Waals surface area contributed by atoms with Crippen LogP contribution >= 0.6 is 0 Å². The summed E-state index contributed by atoms with van der Waals surface area (Å²) in [6.45, 7) is 0.713. The normalized spacial score (nSPS) is 12.1. The lowest BCUT2D eigenvalue weighted by molar-refractivity contribution is -0.137. The van der Waals surface area contributed by atoms with Gasteiger partial charge in [0.15, 0.2) is 0 Å². The molecule has 0 amide bonds. The number of ether oxygens (including phenoxy) is 1. The van der Waals surface area contributed by atoms with Crippen LogP contribution in [0, 0.1) is 0 Å². The fourth-order valence-corrected chi connectivity index (χ4v) is 2.87. The summed E-state index contributed by atoms with van der Waals surface area (Å²) in [6.07, 6.45) is 0.596. The van der Waals surface area contributed by atoms with Crippen molar-refractivity contribution < 1.29 is 19.4 Å². The van der Waals surface area contributed by atoms with Crippen LogP contribution in [0.1, 0.15) is 34.8 Å². The number of benzene rings is 2. The van der Waals surface area contributed by atoms with Crippen LogP contribution in [0.15, 0.2) is 60.7 Å². The molecule has 0 spiro atoms. The molecular formula is C21H26N2O4. The van der Waals surface area contributed by atoms with Crippen molar-refractivity contribution in [3.8, 4) is 0 Å². The molecule has 0 aliphatic heterocycles.